The lowest BCUT2D eigenvalue weighted by molar-refractivity contribution is -0.387. The van der Waals surface area contributed by atoms with Crippen molar-refractivity contribution in [2.24, 2.45) is 0 Å². The highest BCUT2D eigenvalue weighted by atomic mass is 32.2. The van der Waals surface area contributed by atoms with Crippen molar-refractivity contribution in [2.75, 3.05) is 6.54 Å². The van der Waals surface area contributed by atoms with Gasteiger partial charge in [-0.05, 0) is 6.07 Å². The van der Waals surface area contributed by atoms with Gasteiger partial charge in [-0.2, -0.15) is 0 Å². The van der Waals surface area contributed by atoms with Crippen LogP contribution in [0.3, 0.4) is 0 Å². The normalized spacial score (nSPS) is 11.4. The van der Waals surface area contributed by atoms with E-state index >= 15 is 0 Å². The van der Waals surface area contributed by atoms with Gasteiger partial charge in [0.05, 0.1) is 10.6 Å². The monoisotopic (exact) mass is 389 g/mol. The van der Waals surface area contributed by atoms with Crippen LogP contribution in [-0.2, 0) is 16.4 Å². The lowest BCUT2D eigenvalue weighted by Crippen LogP contribution is -2.26. The van der Waals surface area contributed by atoms with E-state index in [4.69, 9.17) is 0 Å². The molecule has 0 atom stereocenters. The third kappa shape index (κ3) is 4.13. The summed E-state index contributed by atoms with van der Waals surface area (Å²) in [6.45, 7) is 0.104. The summed E-state index contributed by atoms with van der Waals surface area (Å²) in [5.74, 6) is 0. The van der Waals surface area contributed by atoms with Crippen molar-refractivity contribution in [1.82, 2.24) is 9.71 Å². The molecule has 26 heavy (non-hydrogen) atoms. The molecule has 0 amide bonds. The van der Waals surface area contributed by atoms with E-state index in [0.717, 1.165) is 16.3 Å². The van der Waals surface area contributed by atoms with Crippen molar-refractivity contribution in [2.45, 2.75) is 11.3 Å². The maximum atomic E-state index is 12.3. The van der Waals surface area contributed by atoms with Gasteiger partial charge in [0.1, 0.15) is 5.01 Å². The summed E-state index contributed by atoms with van der Waals surface area (Å²) in [4.78, 5) is 14.5. The van der Waals surface area contributed by atoms with Crippen LogP contribution in [0, 0.1) is 10.1 Å². The van der Waals surface area contributed by atoms with Crippen LogP contribution < -0.4 is 4.72 Å². The molecule has 0 aliphatic rings. The van der Waals surface area contributed by atoms with E-state index in [0.29, 0.717) is 6.42 Å². The van der Waals surface area contributed by atoms with Crippen molar-refractivity contribution in [3.05, 3.63) is 75.8 Å². The Hall–Kier alpha value is -2.62. The van der Waals surface area contributed by atoms with Crippen molar-refractivity contribution < 1.29 is 13.3 Å². The van der Waals surface area contributed by atoms with Gasteiger partial charge in [0.15, 0.2) is 4.90 Å². The van der Waals surface area contributed by atoms with E-state index in [1.54, 1.807) is 0 Å². The molecule has 1 N–H and O–H groups in total. The predicted molar refractivity (Wildman–Crippen MR) is 99.5 cm³/mol. The summed E-state index contributed by atoms with van der Waals surface area (Å²) < 4.78 is 27.1. The lowest BCUT2D eigenvalue weighted by atomic mass is 10.2. The van der Waals surface area contributed by atoms with Gasteiger partial charge in [-0.25, -0.2) is 18.1 Å². The van der Waals surface area contributed by atoms with Crippen molar-refractivity contribution >= 4 is 27.0 Å². The van der Waals surface area contributed by atoms with Crippen LogP contribution in [0.15, 0.2) is 64.9 Å². The standard InChI is InChI=1S/C17H15N3O4S2/c21-20(22)15-8-4-5-9-16(15)26(23,24)18-11-10-14-12-25-17(19-14)13-6-2-1-3-7-13/h1-9,12,18H,10-11H2. The van der Waals surface area contributed by atoms with Crippen molar-refractivity contribution in [1.29, 1.82) is 0 Å². The maximum Gasteiger partial charge on any atom is 0.289 e. The predicted octanol–water partition coefficient (Wildman–Crippen LogP) is 3.24. The molecule has 0 unspecified atom stereocenters. The summed E-state index contributed by atoms with van der Waals surface area (Å²) in [6.07, 6.45) is 0.392. The first kappa shape index (κ1) is 18.2. The quantitative estimate of drug-likeness (QED) is 0.494. The molecule has 7 nitrogen and oxygen atoms in total. The number of para-hydroxylation sites is 1. The molecule has 1 aromatic heterocycles. The number of sulfonamides is 1. The molecule has 0 fully saturated rings. The van der Waals surface area contributed by atoms with Gasteiger partial charge in [-0.1, -0.05) is 42.5 Å². The third-order valence-corrected chi connectivity index (χ3v) is 6.05. The van der Waals surface area contributed by atoms with E-state index in [2.05, 4.69) is 9.71 Å². The number of nitro benzene ring substituents is 1. The lowest BCUT2D eigenvalue weighted by Gasteiger charge is -2.06. The summed E-state index contributed by atoms with van der Waals surface area (Å²) >= 11 is 1.49. The molecule has 0 aliphatic carbocycles. The number of nitrogens with zero attached hydrogens (tertiary/aromatic N) is 2. The molecule has 0 aliphatic heterocycles. The SMILES string of the molecule is O=[N+]([O-])c1ccccc1S(=O)(=O)NCCc1csc(-c2ccccc2)n1. The average molecular weight is 389 g/mol. The number of hydrogen-bond acceptors (Lipinski definition) is 6. The van der Waals surface area contributed by atoms with E-state index < -0.39 is 20.6 Å². The maximum absolute atomic E-state index is 12.3. The molecule has 0 saturated heterocycles. The summed E-state index contributed by atoms with van der Waals surface area (Å²) in [7, 11) is -3.97. The fraction of sp³-hybridized carbons (Fsp3) is 0.118. The Bertz CT molecular complexity index is 1020. The number of aromatic nitrogens is 1. The van der Waals surface area contributed by atoms with Crippen molar-refractivity contribution in [3.63, 3.8) is 0 Å². The first-order chi connectivity index (χ1) is 12.5. The van der Waals surface area contributed by atoms with E-state index in [1.807, 2.05) is 35.7 Å². The number of benzene rings is 2. The Morgan fingerprint density at radius 3 is 2.50 bits per heavy atom. The minimum absolute atomic E-state index is 0.104. The molecular formula is C17H15N3O4S2. The molecule has 0 radical (unpaired) electrons. The number of hydrogen-bond donors (Lipinski definition) is 1. The molecule has 2 aromatic carbocycles. The van der Waals surface area contributed by atoms with Gasteiger partial charge < -0.3 is 0 Å². The largest absolute Gasteiger partial charge is 0.289 e. The van der Waals surface area contributed by atoms with Crippen molar-refractivity contribution in [3.8, 4) is 10.6 Å². The fourth-order valence-corrected chi connectivity index (χ4v) is 4.42. The van der Waals surface area contributed by atoms with Crippen LogP contribution in [0.4, 0.5) is 5.69 Å². The Labute approximate surface area is 154 Å². The van der Waals surface area contributed by atoms with Gasteiger partial charge in [0.25, 0.3) is 5.69 Å². The van der Waals surface area contributed by atoms with Crippen LogP contribution in [0.1, 0.15) is 5.69 Å². The Morgan fingerprint density at radius 2 is 1.77 bits per heavy atom. The van der Waals surface area contributed by atoms with Crippen LogP contribution >= 0.6 is 11.3 Å². The molecule has 0 spiro atoms. The summed E-state index contributed by atoms with van der Waals surface area (Å²) in [5.41, 5.74) is 1.32. The Kier molecular flexibility index (Phi) is 5.40. The summed E-state index contributed by atoms with van der Waals surface area (Å²) in [5, 5.41) is 13.7. The smallest absolute Gasteiger partial charge is 0.258 e. The number of rotatable bonds is 7. The molecule has 3 aromatic rings. The minimum atomic E-state index is -3.97. The Balaban J connectivity index is 1.67. The first-order valence-electron chi connectivity index (χ1n) is 7.70. The van der Waals surface area contributed by atoms with Gasteiger partial charge in [-0.15, -0.1) is 11.3 Å². The van der Waals surface area contributed by atoms with E-state index in [-0.39, 0.29) is 11.4 Å². The number of nitrogens with one attached hydrogen (secondary N) is 1. The molecule has 9 heteroatoms. The van der Waals surface area contributed by atoms with Gasteiger partial charge in [0.2, 0.25) is 10.0 Å². The van der Waals surface area contributed by atoms with Crippen LogP contribution in [0.2, 0.25) is 0 Å². The van der Waals surface area contributed by atoms with Gasteiger partial charge in [0, 0.05) is 30.0 Å². The van der Waals surface area contributed by atoms with Gasteiger partial charge >= 0.3 is 0 Å². The van der Waals surface area contributed by atoms with E-state index in [9.17, 15) is 18.5 Å². The van der Waals surface area contributed by atoms with Crippen LogP contribution in [0.5, 0.6) is 0 Å². The second-order valence-electron chi connectivity index (χ2n) is 5.38. The zero-order valence-electron chi connectivity index (χ0n) is 13.5. The number of nitro groups is 1. The second-order valence-corrected chi connectivity index (χ2v) is 7.98. The molecule has 3 rings (SSSR count). The molecule has 0 saturated carbocycles. The molecule has 134 valence electrons. The van der Waals surface area contributed by atoms with Crippen LogP contribution in [0.25, 0.3) is 10.6 Å². The highest BCUT2D eigenvalue weighted by Crippen LogP contribution is 2.24. The molecular weight excluding hydrogens is 374 g/mol. The minimum Gasteiger partial charge on any atom is -0.258 e. The number of thiazole rings is 1. The highest BCUT2D eigenvalue weighted by molar-refractivity contribution is 7.89. The zero-order chi connectivity index (χ0) is 18.6. The Morgan fingerprint density at radius 1 is 1.08 bits per heavy atom. The third-order valence-electron chi connectivity index (χ3n) is 3.60. The zero-order valence-corrected chi connectivity index (χ0v) is 15.2. The fourth-order valence-electron chi connectivity index (χ4n) is 2.36. The summed E-state index contributed by atoms with van der Waals surface area (Å²) in [6, 6.07) is 15.0. The van der Waals surface area contributed by atoms with Gasteiger partial charge in [-0.3, -0.25) is 10.1 Å². The van der Waals surface area contributed by atoms with Crippen LogP contribution in [-0.4, -0.2) is 24.9 Å². The van der Waals surface area contributed by atoms with E-state index in [1.165, 1.54) is 35.6 Å². The molecule has 1 heterocycles. The molecule has 0 bridgehead atoms. The topological polar surface area (TPSA) is 102 Å². The highest BCUT2D eigenvalue weighted by Gasteiger charge is 2.24. The second kappa shape index (κ2) is 7.73. The first-order valence-corrected chi connectivity index (χ1v) is 10.1. The average Bonchev–Trinajstić information content (AvgIpc) is 3.11.